The number of aryl methyl sites for hydroxylation is 2. The van der Waals surface area contributed by atoms with Crippen molar-refractivity contribution in [2.45, 2.75) is 13.8 Å². The summed E-state index contributed by atoms with van der Waals surface area (Å²) in [5, 5.41) is 8.98. The SMILES string of the molecule is Cc1ccc(C2=CCN=C2)cc1C(=O)O.Cc1cccc(C2=CCN=C2)c1.N=S(=O)=O. The minimum Gasteiger partial charge on any atom is -0.478 e. The van der Waals surface area contributed by atoms with Crippen LogP contribution in [0.4, 0.5) is 0 Å². The van der Waals surface area contributed by atoms with E-state index in [0.717, 1.165) is 23.2 Å². The third-order valence-corrected chi connectivity index (χ3v) is 4.45. The van der Waals surface area contributed by atoms with Gasteiger partial charge in [-0.15, -0.1) is 0 Å². The molecule has 8 heteroatoms. The highest BCUT2D eigenvalue weighted by molar-refractivity contribution is 7.60. The minimum absolute atomic E-state index is 0.355. The van der Waals surface area contributed by atoms with Crippen LogP contribution in [-0.4, -0.2) is 45.0 Å². The predicted molar refractivity (Wildman–Crippen MR) is 124 cm³/mol. The molecule has 4 rings (SSSR count). The van der Waals surface area contributed by atoms with E-state index in [-0.39, 0.29) is 0 Å². The first kappa shape index (κ1) is 23.6. The van der Waals surface area contributed by atoms with Gasteiger partial charge in [-0.3, -0.25) is 9.98 Å². The van der Waals surface area contributed by atoms with Crippen molar-refractivity contribution < 1.29 is 18.3 Å². The standard InChI is InChI=1S/C12H11NO2.C11H11N.HNO2S/c1-8-2-3-9(6-11(8)12(14)15)10-4-5-13-7-10;1-9-3-2-4-10(7-9)11-5-6-12-8-11;1-4(2)3/h2-4,6-7H,5H2,1H3,(H,14,15);2-5,7-8H,6H2,1H3;1H. The normalized spacial score (nSPS) is 13.4. The topological polar surface area (TPSA) is 120 Å². The lowest BCUT2D eigenvalue weighted by molar-refractivity contribution is 0.0696. The van der Waals surface area contributed by atoms with Gasteiger partial charge in [0.25, 0.3) is 0 Å². The van der Waals surface area contributed by atoms with E-state index < -0.39 is 16.5 Å². The number of carboxylic acids is 1. The van der Waals surface area contributed by atoms with Crippen LogP contribution in [0.2, 0.25) is 0 Å². The first-order valence-electron chi connectivity index (χ1n) is 9.39. The van der Waals surface area contributed by atoms with Crippen LogP contribution in [-0.2, 0) is 10.5 Å². The maximum atomic E-state index is 10.9. The molecule has 0 saturated heterocycles. The number of nitrogens with one attached hydrogen (secondary N) is 1. The average molecular weight is 438 g/mol. The summed E-state index contributed by atoms with van der Waals surface area (Å²) in [6, 6.07) is 13.9. The fourth-order valence-corrected chi connectivity index (χ4v) is 2.95. The zero-order valence-electron chi connectivity index (χ0n) is 17.2. The van der Waals surface area contributed by atoms with Gasteiger partial charge in [-0.05, 0) is 47.8 Å². The summed E-state index contributed by atoms with van der Waals surface area (Å²) >= 11 is 0. The quantitative estimate of drug-likeness (QED) is 0.745. The Morgan fingerprint density at radius 1 is 0.935 bits per heavy atom. The van der Waals surface area contributed by atoms with Gasteiger partial charge in [0, 0.05) is 12.4 Å². The van der Waals surface area contributed by atoms with Crippen LogP contribution >= 0.6 is 0 Å². The van der Waals surface area contributed by atoms with Gasteiger partial charge in [-0.25, -0.2) is 4.79 Å². The lowest BCUT2D eigenvalue weighted by Crippen LogP contribution is -2.00. The van der Waals surface area contributed by atoms with Crippen LogP contribution in [0.3, 0.4) is 0 Å². The molecule has 2 aromatic rings. The summed E-state index contributed by atoms with van der Waals surface area (Å²) in [7, 11) is -2.61. The zero-order valence-corrected chi connectivity index (χ0v) is 18.1. The molecule has 2 aliphatic rings. The van der Waals surface area contributed by atoms with E-state index >= 15 is 0 Å². The van der Waals surface area contributed by atoms with Crippen LogP contribution in [0.5, 0.6) is 0 Å². The van der Waals surface area contributed by atoms with Gasteiger partial charge in [-0.2, -0.15) is 13.2 Å². The second-order valence-electron chi connectivity index (χ2n) is 6.75. The molecule has 2 aromatic carbocycles. The van der Waals surface area contributed by atoms with Crippen LogP contribution in [0.1, 0.15) is 32.6 Å². The summed E-state index contributed by atoms with van der Waals surface area (Å²) in [6.07, 6.45) is 7.84. The fourth-order valence-electron chi connectivity index (χ4n) is 2.95. The van der Waals surface area contributed by atoms with Crippen molar-refractivity contribution >= 4 is 40.0 Å². The molecule has 0 radical (unpaired) electrons. The Morgan fingerprint density at radius 3 is 1.94 bits per heavy atom. The molecule has 0 aromatic heterocycles. The third kappa shape index (κ3) is 7.60. The van der Waals surface area contributed by atoms with Gasteiger partial charge in [0.1, 0.15) is 0 Å². The van der Waals surface area contributed by atoms with Gasteiger partial charge >= 0.3 is 16.5 Å². The summed E-state index contributed by atoms with van der Waals surface area (Å²) in [5.41, 5.74) is 6.87. The Morgan fingerprint density at radius 2 is 1.48 bits per heavy atom. The molecule has 0 spiro atoms. The van der Waals surface area contributed by atoms with E-state index in [1.165, 1.54) is 16.7 Å². The molecule has 0 atom stereocenters. The third-order valence-electron chi connectivity index (χ3n) is 4.45. The number of aliphatic imine (C=N–C) groups is 2. The van der Waals surface area contributed by atoms with E-state index in [4.69, 9.17) is 18.3 Å². The van der Waals surface area contributed by atoms with Crippen molar-refractivity contribution in [3.8, 4) is 0 Å². The van der Waals surface area contributed by atoms with E-state index in [0.29, 0.717) is 12.1 Å². The molecule has 7 nitrogen and oxygen atoms in total. The van der Waals surface area contributed by atoms with Gasteiger partial charge < -0.3 is 5.11 Å². The molecular formula is C23H23N3O4S. The highest BCUT2D eigenvalue weighted by atomic mass is 32.2. The first-order chi connectivity index (χ1) is 14.8. The second kappa shape index (κ2) is 11.5. The van der Waals surface area contributed by atoms with Crippen molar-refractivity contribution in [1.82, 2.24) is 0 Å². The summed E-state index contributed by atoms with van der Waals surface area (Å²) in [6.45, 7) is 5.43. The average Bonchev–Trinajstić information content (AvgIpc) is 3.43. The van der Waals surface area contributed by atoms with Crippen LogP contribution in [0, 0.1) is 18.6 Å². The maximum Gasteiger partial charge on any atom is 0.335 e. The number of aromatic carboxylic acids is 1. The lowest BCUT2D eigenvalue weighted by Gasteiger charge is -2.04. The van der Waals surface area contributed by atoms with Gasteiger partial charge in [0.2, 0.25) is 0 Å². The molecule has 2 heterocycles. The van der Waals surface area contributed by atoms with Gasteiger partial charge in [0.05, 0.1) is 18.7 Å². The van der Waals surface area contributed by atoms with Crippen molar-refractivity contribution in [2.75, 3.05) is 13.1 Å². The lowest BCUT2D eigenvalue weighted by atomic mass is 10.0. The molecule has 0 amide bonds. The highest BCUT2D eigenvalue weighted by Gasteiger charge is 2.10. The van der Waals surface area contributed by atoms with E-state index in [1.807, 2.05) is 24.4 Å². The van der Waals surface area contributed by atoms with Crippen LogP contribution < -0.4 is 0 Å². The Kier molecular flexibility index (Phi) is 8.78. The molecule has 0 aliphatic carbocycles. The van der Waals surface area contributed by atoms with Crippen LogP contribution in [0.25, 0.3) is 11.1 Å². The first-order valence-corrected chi connectivity index (χ1v) is 10.5. The Balaban J connectivity index is 0.000000192. The highest BCUT2D eigenvalue weighted by Crippen LogP contribution is 2.19. The number of nitrogens with zero attached hydrogens (tertiary/aromatic N) is 2. The number of carbonyl (C=O) groups is 1. The maximum absolute atomic E-state index is 10.9. The van der Waals surface area contributed by atoms with E-state index in [2.05, 4.69) is 47.3 Å². The number of carboxylic acid groups (broad SMARTS) is 1. The summed E-state index contributed by atoms with van der Waals surface area (Å²) < 4.78 is 22.8. The Bertz CT molecular complexity index is 1190. The molecule has 0 fully saturated rings. The molecular weight excluding hydrogens is 414 g/mol. The number of rotatable bonds is 3. The van der Waals surface area contributed by atoms with Gasteiger partial charge in [-0.1, -0.05) is 54.1 Å². The fraction of sp³-hybridized carbons (Fsp3) is 0.174. The molecule has 2 aliphatic heterocycles. The van der Waals surface area contributed by atoms with Gasteiger partial charge in [0.15, 0.2) is 0 Å². The molecule has 0 saturated carbocycles. The van der Waals surface area contributed by atoms with E-state index in [1.54, 1.807) is 19.2 Å². The molecule has 0 bridgehead atoms. The monoisotopic (exact) mass is 437 g/mol. The Labute approximate surface area is 182 Å². The summed E-state index contributed by atoms with van der Waals surface area (Å²) in [4.78, 5) is 19.2. The Hall–Kier alpha value is -3.65. The molecule has 2 N–H and O–H groups in total. The number of hydrogen-bond donors (Lipinski definition) is 2. The predicted octanol–water partition coefficient (Wildman–Crippen LogP) is 4.25. The zero-order chi connectivity index (χ0) is 22.8. The van der Waals surface area contributed by atoms with Crippen molar-refractivity contribution in [3.05, 3.63) is 82.4 Å². The number of benzene rings is 2. The van der Waals surface area contributed by atoms with Crippen LogP contribution in [0.15, 0.2) is 64.6 Å². The van der Waals surface area contributed by atoms with Crippen molar-refractivity contribution in [2.24, 2.45) is 9.98 Å². The molecule has 0 unspecified atom stereocenters. The van der Waals surface area contributed by atoms with Crippen molar-refractivity contribution in [1.29, 1.82) is 4.78 Å². The number of allylic oxidation sites excluding steroid dienone is 2. The second-order valence-corrected chi connectivity index (χ2v) is 7.22. The molecule has 160 valence electrons. The smallest absolute Gasteiger partial charge is 0.335 e. The van der Waals surface area contributed by atoms with Crippen molar-refractivity contribution in [3.63, 3.8) is 0 Å². The molecule has 31 heavy (non-hydrogen) atoms. The number of hydrogen-bond acceptors (Lipinski definition) is 6. The minimum atomic E-state index is -2.61. The summed E-state index contributed by atoms with van der Waals surface area (Å²) in [5.74, 6) is -0.884. The largest absolute Gasteiger partial charge is 0.478 e. The van der Waals surface area contributed by atoms with E-state index in [9.17, 15) is 4.79 Å².